The Morgan fingerprint density at radius 3 is 2.20 bits per heavy atom. The molecule has 9 nitrogen and oxygen atoms in total. The minimum Gasteiger partial charge on any atom is -0.490 e. The van der Waals surface area contributed by atoms with Crippen LogP contribution in [-0.4, -0.2) is 73.3 Å². The Hall–Kier alpha value is -3.45. The van der Waals surface area contributed by atoms with Crippen molar-refractivity contribution in [2.45, 2.75) is 69.4 Å². The highest BCUT2D eigenvalue weighted by Crippen LogP contribution is 2.46. The fourth-order valence-electron chi connectivity index (χ4n) is 4.22. The van der Waals surface area contributed by atoms with Crippen molar-refractivity contribution in [1.82, 2.24) is 20.1 Å². The van der Waals surface area contributed by atoms with Crippen LogP contribution in [0.1, 0.15) is 55.6 Å². The van der Waals surface area contributed by atoms with Gasteiger partial charge in [-0.05, 0) is 51.8 Å². The van der Waals surface area contributed by atoms with Gasteiger partial charge in [0.1, 0.15) is 23.7 Å². The monoisotopic (exact) mass is 662 g/mol. The summed E-state index contributed by atoms with van der Waals surface area (Å²) in [6.45, 7) is 2.16. The molecule has 0 radical (unpaired) electrons. The average Bonchev–Trinajstić information content (AvgIpc) is 3.64. The van der Waals surface area contributed by atoms with E-state index in [1.807, 2.05) is 0 Å². The zero-order chi connectivity index (χ0) is 33.0. The van der Waals surface area contributed by atoms with Gasteiger partial charge in [-0.1, -0.05) is 0 Å². The number of amides is 1. The lowest BCUT2D eigenvalue weighted by molar-refractivity contribution is -0.373. The van der Waals surface area contributed by atoms with Crippen molar-refractivity contribution in [2.24, 2.45) is 0 Å². The molecule has 2 aromatic heterocycles. The molecule has 44 heavy (non-hydrogen) atoms. The van der Waals surface area contributed by atoms with Crippen LogP contribution in [0.25, 0.3) is 21.3 Å². The summed E-state index contributed by atoms with van der Waals surface area (Å²) in [5.41, 5.74) is -9.71. The van der Waals surface area contributed by atoms with Gasteiger partial charge in [0.05, 0.1) is 10.4 Å². The fourth-order valence-corrected chi connectivity index (χ4v) is 5.24. The number of aromatic nitrogens is 3. The van der Waals surface area contributed by atoms with Gasteiger partial charge in [-0.2, -0.15) is 39.5 Å². The highest BCUT2D eigenvalue weighted by molar-refractivity contribution is 7.18. The van der Waals surface area contributed by atoms with E-state index in [9.17, 15) is 54.5 Å². The molecule has 0 bridgehead atoms. The van der Waals surface area contributed by atoms with E-state index in [1.165, 1.54) is 18.7 Å². The van der Waals surface area contributed by atoms with E-state index >= 15 is 0 Å². The van der Waals surface area contributed by atoms with Gasteiger partial charge < -0.3 is 24.3 Å². The zero-order valence-corrected chi connectivity index (χ0v) is 23.7. The summed E-state index contributed by atoms with van der Waals surface area (Å²) >= 11 is 0.524. The highest BCUT2D eigenvalue weighted by atomic mass is 32.1. The molecule has 3 heterocycles. The van der Waals surface area contributed by atoms with Gasteiger partial charge in [-0.3, -0.25) is 4.79 Å². The molecule has 1 aliphatic rings. The molecule has 0 unspecified atom stereocenters. The van der Waals surface area contributed by atoms with E-state index in [0.717, 1.165) is 0 Å². The molecule has 1 amide bonds. The van der Waals surface area contributed by atoms with Gasteiger partial charge in [0, 0.05) is 18.2 Å². The minimum atomic E-state index is -6.26. The van der Waals surface area contributed by atoms with Gasteiger partial charge in [-0.25, -0.2) is 4.98 Å². The molecule has 0 saturated carbocycles. The second kappa shape index (κ2) is 11.2. The van der Waals surface area contributed by atoms with Crippen molar-refractivity contribution in [3.8, 4) is 27.1 Å². The predicted octanol–water partition coefficient (Wildman–Crippen LogP) is 5.97. The van der Waals surface area contributed by atoms with Crippen LogP contribution in [0.2, 0.25) is 0 Å². The van der Waals surface area contributed by atoms with Gasteiger partial charge in [-0.15, -0.1) is 21.5 Å². The number of ether oxygens (including phenoxy) is 1. The number of rotatable bonds is 7. The highest BCUT2D eigenvalue weighted by Gasteiger charge is 2.71. The van der Waals surface area contributed by atoms with Gasteiger partial charge >= 0.3 is 18.5 Å². The summed E-state index contributed by atoms with van der Waals surface area (Å²) in [7, 11) is 0. The maximum atomic E-state index is 14.3. The Labute approximate surface area is 246 Å². The van der Waals surface area contributed by atoms with Crippen LogP contribution in [-0.2, 0) is 11.8 Å². The number of carbonyl (C=O) groups is 1. The summed E-state index contributed by atoms with van der Waals surface area (Å²) in [6.07, 6.45) is -16.6. The molecule has 2 N–H and O–H groups in total. The third-order valence-electron chi connectivity index (χ3n) is 6.70. The van der Waals surface area contributed by atoms with Crippen LogP contribution in [0.3, 0.4) is 0 Å². The largest absolute Gasteiger partial charge is 0.490 e. The molecular weight excluding hydrogens is 639 g/mol. The second-order valence-corrected chi connectivity index (χ2v) is 11.5. The van der Waals surface area contributed by atoms with Crippen LogP contribution < -0.4 is 4.74 Å². The Morgan fingerprint density at radius 2 is 1.70 bits per heavy atom. The van der Waals surface area contributed by atoms with E-state index in [1.54, 1.807) is 6.92 Å². The first-order chi connectivity index (χ1) is 20.0. The Kier molecular flexibility index (Phi) is 8.49. The lowest BCUT2D eigenvalue weighted by Gasteiger charge is -2.32. The molecule has 1 aliphatic heterocycles. The number of benzene rings is 1. The summed E-state index contributed by atoms with van der Waals surface area (Å²) < 4.78 is 131. The van der Waals surface area contributed by atoms with Crippen LogP contribution in [0, 0.1) is 0 Å². The first kappa shape index (κ1) is 33.4. The maximum Gasteiger partial charge on any atom is 0.429 e. The van der Waals surface area contributed by atoms with E-state index < -0.39 is 64.8 Å². The number of carbonyl (C=O) groups excluding carboxylic acids is 1. The smallest absolute Gasteiger partial charge is 0.429 e. The number of alkyl halides is 9. The summed E-state index contributed by atoms with van der Waals surface area (Å²) in [5, 5.41) is 26.7. The third-order valence-corrected chi connectivity index (χ3v) is 7.78. The molecule has 0 spiro atoms. The summed E-state index contributed by atoms with van der Waals surface area (Å²) in [4.78, 5) is 18.7. The molecule has 1 atom stereocenters. The topological polar surface area (TPSA) is 122 Å². The van der Waals surface area contributed by atoms with Crippen molar-refractivity contribution in [1.29, 1.82) is 0 Å². The SMILES string of the molecule is C[C@H]1CCCN1C(=O)c1nc(-c2nnc(C(C)(C)O)o2)sc1-c1ccc(OCC(O)(C(F)(F)F)C(F)(F)F)cc1C(F)(F)F. The quantitative estimate of drug-likeness (QED) is 0.297. The number of hydrogen-bond donors (Lipinski definition) is 2. The fraction of sp³-hybridized carbons (Fsp3) is 0.520. The molecule has 4 rings (SSSR count). The normalized spacial score (nSPS) is 17.0. The van der Waals surface area contributed by atoms with Gasteiger partial charge in [0.25, 0.3) is 17.4 Å². The molecule has 1 saturated heterocycles. The van der Waals surface area contributed by atoms with E-state index in [4.69, 9.17) is 4.42 Å². The van der Waals surface area contributed by atoms with Gasteiger partial charge in [0.2, 0.25) is 5.89 Å². The van der Waals surface area contributed by atoms with Crippen molar-refractivity contribution >= 4 is 17.2 Å². The van der Waals surface area contributed by atoms with Crippen molar-refractivity contribution in [3.63, 3.8) is 0 Å². The van der Waals surface area contributed by atoms with E-state index in [-0.39, 0.29) is 40.3 Å². The second-order valence-electron chi connectivity index (χ2n) is 10.5. The molecular formula is C25H23F9N4O5S. The van der Waals surface area contributed by atoms with E-state index in [0.29, 0.717) is 36.3 Å². The standard InChI is InChI=1S/C25H23F9N4O5S/c1-11-5-4-8-38(11)19(39)15-16(44-18(35-15)17-36-37-20(43-17)21(2,3)40)13-7-6-12(9-14(13)23(26,27)28)42-10-22(41,24(29,30)31)25(32,33)34/h6-7,9,11,40-41H,4-5,8,10H2,1-3H3/t11-/m0/s1. The average molecular weight is 663 g/mol. The molecule has 3 aromatic rings. The van der Waals surface area contributed by atoms with Crippen molar-refractivity contribution in [3.05, 3.63) is 35.3 Å². The molecule has 19 heteroatoms. The first-order valence-corrected chi connectivity index (χ1v) is 13.4. The van der Waals surface area contributed by atoms with Crippen LogP contribution >= 0.6 is 11.3 Å². The molecule has 0 aliphatic carbocycles. The van der Waals surface area contributed by atoms with Crippen LogP contribution in [0.15, 0.2) is 22.6 Å². The first-order valence-electron chi connectivity index (χ1n) is 12.6. The third kappa shape index (κ3) is 6.35. The van der Waals surface area contributed by atoms with Crippen LogP contribution in [0.4, 0.5) is 39.5 Å². The molecule has 1 fully saturated rings. The summed E-state index contributed by atoms with van der Waals surface area (Å²) in [5.74, 6) is -2.43. The van der Waals surface area contributed by atoms with Crippen LogP contribution in [0.5, 0.6) is 5.75 Å². The number of aliphatic hydroxyl groups is 2. The molecule has 242 valence electrons. The summed E-state index contributed by atoms with van der Waals surface area (Å²) in [6, 6.07) is 1.21. The van der Waals surface area contributed by atoms with E-state index in [2.05, 4.69) is 19.9 Å². The number of halogens is 9. The van der Waals surface area contributed by atoms with Crippen molar-refractivity contribution in [2.75, 3.05) is 13.2 Å². The number of hydrogen-bond acceptors (Lipinski definition) is 9. The molecule has 1 aromatic carbocycles. The number of nitrogens with zero attached hydrogens (tertiary/aromatic N) is 4. The Morgan fingerprint density at radius 1 is 1.07 bits per heavy atom. The maximum absolute atomic E-state index is 14.3. The lowest BCUT2D eigenvalue weighted by atomic mass is 10.0. The van der Waals surface area contributed by atoms with Crippen molar-refractivity contribution < 1.29 is 63.7 Å². The predicted molar refractivity (Wildman–Crippen MR) is 133 cm³/mol. The Balaban J connectivity index is 1.82. The number of likely N-dealkylation sites (tertiary alicyclic amines) is 1. The van der Waals surface area contributed by atoms with Gasteiger partial charge in [0.15, 0.2) is 5.01 Å². The zero-order valence-electron chi connectivity index (χ0n) is 22.9. The number of thiazole rings is 1. The lowest BCUT2D eigenvalue weighted by Crippen LogP contribution is -2.60. The minimum absolute atomic E-state index is 0.147. The Bertz CT molecular complexity index is 1510.